The number of nitrogens with one attached hydrogen (secondary N) is 1. The van der Waals surface area contributed by atoms with Crippen molar-refractivity contribution in [2.75, 3.05) is 5.32 Å². The number of imidazole rings is 1. The fourth-order valence-corrected chi connectivity index (χ4v) is 2.93. The Kier molecular flexibility index (Phi) is 3.98. The Balaban J connectivity index is 2.09. The third-order valence-electron chi connectivity index (χ3n) is 4.24. The normalized spacial score (nSPS) is 28.0. The molecule has 1 aromatic rings. The Morgan fingerprint density at radius 3 is 2.67 bits per heavy atom. The lowest BCUT2D eigenvalue weighted by molar-refractivity contribution is 0.432. The number of hydrogen-bond acceptors (Lipinski definition) is 2. The first kappa shape index (κ1) is 13.4. The van der Waals surface area contributed by atoms with Crippen LogP contribution in [-0.2, 0) is 6.54 Å². The van der Waals surface area contributed by atoms with E-state index in [4.69, 9.17) is 0 Å². The molecule has 0 saturated heterocycles. The molecule has 1 saturated carbocycles. The molecule has 3 unspecified atom stereocenters. The van der Waals surface area contributed by atoms with Crippen molar-refractivity contribution in [1.29, 1.82) is 0 Å². The van der Waals surface area contributed by atoms with Crippen LogP contribution >= 0.6 is 0 Å². The van der Waals surface area contributed by atoms with E-state index in [0.29, 0.717) is 12.0 Å². The number of hydrogen-bond donors (Lipinski definition) is 1. The van der Waals surface area contributed by atoms with Crippen LogP contribution in [-0.4, -0.2) is 15.6 Å². The summed E-state index contributed by atoms with van der Waals surface area (Å²) in [4.78, 5) is 4.64. The molecular weight excluding hydrogens is 222 g/mol. The van der Waals surface area contributed by atoms with Crippen molar-refractivity contribution >= 4 is 5.95 Å². The van der Waals surface area contributed by atoms with Crippen LogP contribution in [0, 0.1) is 24.7 Å². The van der Waals surface area contributed by atoms with E-state index in [0.717, 1.165) is 30.0 Å². The van der Waals surface area contributed by atoms with Crippen molar-refractivity contribution in [3.63, 3.8) is 0 Å². The van der Waals surface area contributed by atoms with Gasteiger partial charge in [-0.1, -0.05) is 27.7 Å². The van der Waals surface area contributed by atoms with Crippen LogP contribution in [0.4, 0.5) is 5.95 Å². The number of rotatable bonds is 4. The van der Waals surface area contributed by atoms with Crippen molar-refractivity contribution in [2.24, 2.45) is 17.8 Å². The van der Waals surface area contributed by atoms with E-state index in [1.807, 2.05) is 0 Å². The van der Waals surface area contributed by atoms with Gasteiger partial charge in [0.25, 0.3) is 0 Å². The molecule has 1 aliphatic rings. The number of aryl methyl sites for hydroxylation is 1. The van der Waals surface area contributed by atoms with Gasteiger partial charge < -0.3 is 9.88 Å². The van der Waals surface area contributed by atoms with Gasteiger partial charge in [0.05, 0.1) is 5.69 Å². The topological polar surface area (TPSA) is 29.9 Å². The van der Waals surface area contributed by atoms with Gasteiger partial charge in [0.15, 0.2) is 0 Å². The second-order valence-electron chi connectivity index (χ2n) is 6.42. The van der Waals surface area contributed by atoms with Gasteiger partial charge in [0.2, 0.25) is 5.95 Å². The van der Waals surface area contributed by atoms with Crippen LogP contribution in [0.1, 0.15) is 46.2 Å². The maximum absolute atomic E-state index is 4.64. The highest BCUT2D eigenvalue weighted by molar-refractivity contribution is 5.31. The van der Waals surface area contributed by atoms with Crippen LogP contribution in [0.25, 0.3) is 0 Å². The third-order valence-corrected chi connectivity index (χ3v) is 4.24. The average molecular weight is 249 g/mol. The molecule has 102 valence electrons. The molecule has 0 aliphatic heterocycles. The van der Waals surface area contributed by atoms with Gasteiger partial charge in [0, 0.05) is 18.8 Å². The zero-order valence-corrected chi connectivity index (χ0v) is 12.4. The summed E-state index contributed by atoms with van der Waals surface area (Å²) in [7, 11) is 0. The highest BCUT2D eigenvalue weighted by Crippen LogP contribution is 2.33. The van der Waals surface area contributed by atoms with Gasteiger partial charge in [-0.3, -0.25) is 0 Å². The average Bonchev–Trinajstić information content (AvgIpc) is 2.76. The van der Waals surface area contributed by atoms with Crippen molar-refractivity contribution in [1.82, 2.24) is 9.55 Å². The van der Waals surface area contributed by atoms with Crippen molar-refractivity contribution < 1.29 is 0 Å². The summed E-state index contributed by atoms with van der Waals surface area (Å²) in [5, 5.41) is 3.67. The molecule has 1 aliphatic carbocycles. The molecule has 0 amide bonds. The Morgan fingerprint density at radius 2 is 2.11 bits per heavy atom. The monoisotopic (exact) mass is 249 g/mol. The first-order valence-electron chi connectivity index (χ1n) is 7.27. The Hall–Kier alpha value is -0.990. The summed E-state index contributed by atoms with van der Waals surface area (Å²) in [6.07, 6.45) is 4.77. The molecule has 3 atom stereocenters. The van der Waals surface area contributed by atoms with E-state index in [1.54, 1.807) is 0 Å². The summed E-state index contributed by atoms with van der Waals surface area (Å²) in [5.41, 5.74) is 1.11. The van der Waals surface area contributed by atoms with Gasteiger partial charge in [0.1, 0.15) is 0 Å². The number of nitrogens with zero attached hydrogens (tertiary/aromatic N) is 2. The SMILES string of the molecule is Cc1cn(CC(C)C)c(NC2CCC(C)C2C)n1. The minimum absolute atomic E-state index is 0.590. The molecule has 3 heteroatoms. The minimum atomic E-state index is 0.590. The van der Waals surface area contributed by atoms with Gasteiger partial charge >= 0.3 is 0 Å². The number of anilines is 1. The van der Waals surface area contributed by atoms with E-state index in [9.17, 15) is 0 Å². The van der Waals surface area contributed by atoms with Crippen LogP contribution in [0.3, 0.4) is 0 Å². The Bertz CT molecular complexity index is 394. The second-order valence-corrected chi connectivity index (χ2v) is 6.42. The second kappa shape index (κ2) is 5.33. The van der Waals surface area contributed by atoms with Crippen molar-refractivity contribution in [3.05, 3.63) is 11.9 Å². The first-order valence-corrected chi connectivity index (χ1v) is 7.27. The van der Waals surface area contributed by atoms with E-state index < -0.39 is 0 Å². The molecule has 0 aromatic carbocycles. The Morgan fingerprint density at radius 1 is 1.39 bits per heavy atom. The summed E-state index contributed by atoms with van der Waals surface area (Å²) < 4.78 is 2.27. The van der Waals surface area contributed by atoms with E-state index in [1.165, 1.54) is 12.8 Å². The number of aromatic nitrogens is 2. The summed E-state index contributed by atoms with van der Waals surface area (Å²) >= 11 is 0. The molecule has 1 heterocycles. The molecule has 2 rings (SSSR count). The maximum Gasteiger partial charge on any atom is 0.203 e. The lowest BCUT2D eigenvalue weighted by Crippen LogP contribution is -2.26. The van der Waals surface area contributed by atoms with Crippen molar-refractivity contribution in [3.8, 4) is 0 Å². The third kappa shape index (κ3) is 2.88. The molecule has 1 fully saturated rings. The van der Waals surface area contributed by atoms with Crippen molar-refractivity contribution in [2.45, 2.75) is 60.0 Å². The molecule has 3 nitrogen and oxygen atoms in total. The summed E-state index contributed by atoms with van der Waals surface area (Å²) in [6, 6.07) is 0.590. The van der Waals surface area contributed by atoms with Gasteiger partial charge in [-0.25, -0.2) is 4.98 Å². The lowest BCUT2D eigenvalue weighted by Gasteiger charge is -2.21. The van der Waals surface area contributed by atoms with E-state index in [2.05, 4.69) is 55.7 Å². The summed E-state index contributed by atoms with van der Waals surface area (Å²) in [5.74, 6) is 3.29. The maximum atomic E-state index is 4.64. The summed E-state index contributed by atoms with van der Waals surface area (Å²) in [6.45, 7) is 12.3. The predicted molar refractivity (Wildman–Crippen MR) is 76.8 cm³/mol. The van der Waals surface area contributed by atoms with Crippen LogP contribution in [0.2, 0.25) is 0 Å². The molecule has 0 radical (unpaired) electrons. The minimum Gasteiger partial charge on any atom is -0.353 e. The molecule has 18 heavy (non-hydrogen) atoms. The van der Waals surface area contributed by atoms with E-state index >= 15 is 0 Å². The molecule has 0 spiro atoms. The first-order chi connectivity index (χ1) is 8.47. The largest absolute Gasteiger partial charge is 0.353 e. The van der Waals surface area contributed by atoms with Crippen LogP contribution in [0.15, 0.2) is 6.20 Å². The highest BCUT2D eigenvalue weighted by Gasteiger charge is 2.30. The van der Waals surface area contributed by atoms with Gasteiger partial charge in [-0.15, -0.1) is 0 Å². The van der Waals surface area contributed by atoms with Gasteiger partial charge in [-0.2, -0.15) is 0 Å². The Labute approximate surface area is 111 Å². The lowest BCUT2D eigenvalue weighted by atomic mass is 9.98. The predicted octanol–water partition coefficient (Wildman–Crippen LogP) is 3.69. The molecule has 0 bridgehead atoms. The highest BCUT2D eigenvalue weighted by atomic mass is 15.2. The van der Waals surface area contributed by atoms with Gasteiger partial charge in [-0.05, 0) is 37.5 Å². The molecular formula is C15H27N3. The molecule has 1 N–H and O–H groups in total. The zero-order valence-electron chi connectivity index (χ0n) is 12.4. The quantitative estimate of drug-likeness (QED) is 0.882. The van der Waals surface area contributed by atoms with Crippen LogP contribution < -0.4 is 5.32 Å². The van der Waals surface area contributed by atoms with Crippen LogP contribution in [0.5, 0.6) is 0 Å². The zero-order chi connectivity index (χ0) is 13.3. The smallest absolute Gasteiger partial charge is 0.203 e. The van der Waals surface area contributed by atoms with E-state index in [-0.39, 0.29) is 0 Å². The fourth-order valence-electron chi connectivity index (χ4n) is 2.93. The molecule has 1 aromatic heterocycles. The standard InChI is InChI=1S/C15H27N3/c1-10(2)8-18-9-12(4)16-15(18)17-14-7-6-11(3)13(14)5/h9-11,13-14H,6-8H2,1-5H3,(H,16,17). The fraction of sp³-hybridized carbons (Fsp3) is 0.800.